The largest absolute Gasteiger partial charge is 0.493 e. The van der Waals surface area contributed by atoms with E-state index in [2.05, 4.69) is 11.9 Å². The van der Waals surface area contributed by atoms with Crippen molar-refractivity contribution in [2.75, 3.05) is 20.8 Å². The Kier molecular flexibility index (Phi) is 5.98. The Labute approximate surface area is 140 Å². The normalized spacial score (nSPS) is 10.4. The summed E-state index contributed by atoms with van der Waals surface area (Å²) in [6.45, 7) is 4.22. The average molecular weight is 335 g/mol. The lowest BCUT2D eigenvalue weighted by molar-refractivity contribution is 0.0520. The number of benzene rings is 1. The van der Waals surface area contributed by atoms with Gasteiger partial charge in [0.25, 0.3) is 0 Å². The summed E-state index contributed by atoms with van der Waals surface area (Å²) in [5, 5.41) is 2.47. The highest BCUT2D eigenvalue weighted by Crippen LogP contribution is 2.37. The average Bonchev–Trinajstić information content (AvgIpc) is 3.04. The molecule has 0 spiro atoms. The molecule has 0 aliphatic carbocycles. The molecule has 0 atom stereocenters. The Hall–Kier alpha value is -2.08. The van der Waals surface area contributed by atoms with E-state index in [-0.39, 0.29) is 0 Å². The van der Waals surface area contributed by atoms with E-state index < -0.39 is 5.97 Å². The highest BCUT2D eigenvalue weighted by atomic mass is 32.1. The van der Waals surface area contributed by atoms with Crippen LogP contribution in [0.1, 0.15) is 36.3 Å². The van der Waals surface area contributed by atoms with Crippen LogP contribution in [0.4, 0.5) is 0 Å². The Morgan fingerprint density at radius 2 is 2.00 bits per heavy atom. The first kappa shape index (κ1) is 17.3. The first-order valence-corrected chi connectivity index (χ1v) is 8.40. The number of hydrogen-bond acceptors (Lipinski definition) is 6. The van der Waals surface area contributed by atoms with E-state index in [4.69, 9.17) is 14.2 Å². The van der Waals surface area contributed by atoms with Gasteiger partial charge in [-0.15, -0.1) is 11.3 Å². The van der Waals surface area contributed by atoms with Gasteiger partial charge in [0.1, 0.15) is 5.01 Å². The molecule has 0 bridgehead atoms. The van der Waals surface area contributed by atoms with Crippen molar-refractivity contribution >= 4 is 17.3 Å². The van der Waals surface area contributed by atoms with Gasteiger partial charge >= 0.3 is 5.97 Å². The Morgan fingerprint density at radius 3 is 2.61 bits per heavy atom. The predicted octanol–water partition coefficient (Wildman–Crippen LogP) is 3.96. The lowest BCUT2D eigenvalue weighted by atomic mass is 10.0. The molecule has 0 fully saturated rings. The van der Waals surface area contributed by atoms with Crippen molar-refractivity contribution in [1.82, 2.24) is 4.98 Å². The first-order chi connectivity index (χ1) is 11.1. The van der Waals surface area contributed by atoms with E-state index in [0.717, 1.165) is 34.7 Å². The maximum absolute atomic E-state index is 11.8. The van der Waals surface area contributed by atoms with E-state index in [1.165, 1.54) is 11.3 Å². The second-order valence-electron chi connectivity index (χ2n) is 4.88. The number of aryl methyl sites for hydroxylation is 1. The fourth-order valence-electron chi connectivity index (χ4n) is 2.33. The maximum atomic E-state index is 11.8. The van der Waals surface area contributed by atoms with Crippen LogP contribution < -0.4 is 9.47 Å². The van der Waals surface area contributed by atoms with Gasteiger partial charge < -0.3 is 14.2 Å². The van der Waals surface area contributed by atoms with E-state index in [1.807, 2.05) is 12.1 Å². The monoisotopic (exact) mass is 335 g/mol. The number of esters is 1. The smallest absolute Gasteiger partial charge is 0.357 e. The molecule has 0 amide bonds. The molecular formula is C17H21NO4S. The van der Waals surface area contributed by atoms with Crippen LogP contribution >= 0.6 is 11.3 Å². The molecule has 2 aromatic rings. The van der Waals surface area contributed by atoms with Gasteiger partial charge in [-0.2, -0.15) is 0 Å². The summed E-state index contributed by atoms with van der Waals surface area (Å²) in [6.07, 6.45) is 1.87. The Morgan fingerprint density at radius 1 is 1.22 bits per heavy atom. The molecule has 1 aromatic heterocycles. The molecular weight excluding hydrogens is 314 g/mol. The number of methoxy groups -OCH3 is 2. The first-order valence-electron chi connectivity index (χ1n) is 7.52. The number of aromatic nitrogens is 1. The summed E-state index contributed by atoms with van der Waals surface area (Å²) in [4.78, 5) is 16.1. The van der Waals surface area contributed by atoms with E-state index in [0.29, 0.717) is 18.1 Å². The highest BCUT2D eigenvalue weighted by molar-refractivity contribution is 7.13. The summed E-state index contributed by atoms with van der Waals surface area (Å²) >= 11 is 1.41. The van der Waals surface area contributed by atoms with Crippen molar-refractivity contribution in [3.05, 3.63) is 28.8 Å². The van der Waals surface area contributed by atoms with Crippen molar-refractivity contribution in [1.29, 1.82) is 0 Å². The maximum Gasteiger partial charge on any atom is 0.357 e. The van der Waals surface area contributed by atoms with Crippen LogP contribution in [-0.2, 0) is 11.2 Å². The van der Waals surface area contributed by atoms with Crippen LogP contribution in [0.2, 0.25) is 0 Å². The number of hydrogen-bond donors (Lipinski definition) is 0. The van der Waals surface area contributed by atoms with Crippen LogP contribution in [-0.4, -0.2) is 31.8 Å². The minimum absolute atomic E-state index is 0.332. The lowest BCUT2D eigenvalue weighted by Crippen LogP contribution is -2.04. The molecule has 0 unspecified atom stereocenters. The minimum Gasteiger partial charge on any atom is -0.493 e. The molecule has 0 aliphatic rings. The van der Waals surface area contributed by atoms with Gasteiger partial charge in [0, 0.05) is 10.9 Å². The van der Waals surface area contributed by atoms with Crippen molar-refractivity contribution in [3.8, 4) is 22.1 Å². The third-order valence-electron chi connectivity index (χ3n) is 3.31. The zero-order chi connectivity index (χ0) is 16.8. The minimum atomic E-state index is -0.399. The zero-order valence-corrected chi connectivity index (χ0v) is 14.7. The fourth-order valence-corrected chi connectivity index (χ4v) is 3.10. The molecule has 1 aromatic carbocycles. The van der Waals surface area contributed by atoms with Gasteiger partial charge in [-0.1, -0.05) is 13.3 Å². The molecule has 6 heteroatoms. The van der Waals surface area contributed by atoms with E-state index in [9.17, 15) is 4.79 Å². The van der Waals surface area contributed by atoms with Crippen molar-refractivity contribution in [3.63, 3.8) is 0 Å². The molecule has 0 aliphatic heterocycles. The summed E-state index contributed by atoms with van der Waals surface area (Å²) < 4.78 is 15.9. The predicted molar refractivity (Wildman–Crippen MR) is 90.6 cm³/mol. The molecule has 2 rings (SSSR count). The summed E-state index contributed by atoms with van der Waals surface area (Å²) in [6, 6.07) is 3.92. The Bertz CT molecular complexity index is 681. The number of carbonyl (C=O) groups is 1. The van der Waals surface area contributed by atoms with E-state index >= 15 is 0 Å². The topological polar surface area (TPSA) is 57.7 Å². The number of rotatable bonds is 7. The van der Waals surface area contributed by atoms with Crippen molar-refractivity contribution < 1.29 is 19.0 Å². The molecule has 1 heterocycles. The SMILES string of the molecule is CCCc1cc(-c2nc(C(=O)OCC)cs2)cc(OC)c1OC. The number of thiazole rings is 1. The van der Waals surface area contributed by atoms with Gasteiger partial charge in [0.2, 0.25) is 0 Å². The molecule has 0 saturated heterocycles. The number of carbonyl (C=O) groups excluding carboxylic acids is 1. The van der Waals surface area contributed by atoms with Crippen LogP contribution in [0.15, 0.2) is 17.5 Å². The summed E-state index contributed by atoms with van der Waals surface area (Å²) in [7, 11) is 3.25. The van der Waals surface area contributed by atoms with Gasteiger partial charge in [-0.05, 0) is 31.0 Å². The molecule has 0 saturated carbocycles. The van der Waals surface area contributed by atoms with Crippen molar-refractivity contribution in [2.24, 2.45) is 0 Å². The van der Waals surface area contributed by atoms with Crippen LogP contribution in [0.5, 0.6) is 11.5 Å². The second-order valence-corrected chi connectivity index (χ2v) is 5.74. The summed E-state index contributed by atoms with van der Waals surface area (Å²) in [5.74, 6) is 1.02. The van der Waals surface area contributed by atoms with Gasteiger partial charge in [0.05, 0.1) is 20.8 Å². The van der Waals surface area contributed by atoms with Crippen molar-refractivity contribution in [2.45, 2.75) is 26.7 Å². The highest BCUT2D eigenvalue weighted by Gasteiger charge is 2.17. The van der Waals surface area contributed by atoms with Gasteiger partial charge in [-0.3, -0.25) is 0 Å². The van der Waals surface area contributed by atoms with Crippen LogP contribution in [0.25, 0.3) is 10.6 Å². The molecule has 23 heavy (non-hydrogen) atoms. The fraction of sp³-hybridized carbons (Fsp3) is 0.412. The van der Waals surface area contributed by atoms with Gasteiger partial charge in [-0.25, -0.2) is 9.78 Å². The molecule has 5 nitrogen and oxygen atoms in total. The third-order valence-corrected chi connectivity index (χ3v) is 4.20. The van der Waals surface area contributed by atoms with Crippen LogP contribution in [0, 0.1) is 0 Å². The molecule has 0 radical (unpaired) electrons. The molecule has 0 N–H and O–H groups in total. The quantitative estimate of drug-likeness (QED) is 0.717. The zero-order valence-electron chi connectivity index (χ0n) is 13.8. The van der Waals surface area contributed by atoms with Crippen LogP contribution in [0.3, 0.4) is 0 Å². The summed E-state index contributed by atoms with van der Waals surface area (Å²) in [5.41, 5.74) is 2.31. The number of nitrogens with zero attached hydrogens (tertiary/aromatic N) is 1. The standard InChI is InChI=1S/C17H21NO4S/c1-5-7-11-8-12(9-14(20-3)15(11)21-4)16-18-13(10-23-16)17(19)22-6-2/h8-10H,5-7H2,1-4H3. The second kappa shape index (κ2) is 7.97. The molecule has 124 valence electrons. The third kappa shape index (κ3) is 3.82. The number of ether oxygens (including phenoxy) is 3. The van der Waals surface area contributed by atoms with Gasteiger partial charge in [0.15, 0.2) is 17.2 Å². The Balaban J connectivity index is 2.43. The van der Waals surface area contributed by atoms with E-state index in [1.54, 1.807) is 26.5 Å². The lowest BCUT2D eigenvalue weighted by Gasteiger charge is -2.14.